The summed E-state index contributed by atoms with van der Waals surface area (Å²) in [5.74, 6) is 0. The van der Waals surface area contributed by atoms with Crippen LogP contribution < -0.4 is 0 Å². The zero-order valence-electron chi connectivity index (χ0n) is 30.6. The maximum atomic E-state index is 9.80. The highest BCUT2D eigenvalue weighted by molar-refractivity contribution is 7.34. The first-order valence-electron chi connectivity index (χ1n) is 17.4. The van der Waals surface area contributed by atoms with Gasteiger partial charge in [0, 0.05) is 83.7 Å². The Labute approximate surface area is 380 Å². The molecule has 0 aliphatic rings. The molecule has 8 nitrogen and oxygen atoms in total. The van der Waals surface area contributed by atoms with Crippen molar-refractivity contribution >= 4 is 134 Å². The van der Waals surface area contributed by atoms with Gasteiger partial charge in [0.05, 0.1) is 0 Å². The van der Waals surface area contributed by atoms with Crippen LogP contribution in [-0.2, 0) is 6.42 Å². The predicted molar refractivity (Wildman–Crippen MR) is 252 cm³/mol. The van der Waals surface area contributed by atoms with Gasteiger partial charge in [0.15, 0.2) is 0 Å². The fourth-order valence-electron chi connectivity index (χ4n) is 6.10. The molecule has 8 aromatic heterocycles. The molecule has 0 aromatic carbocycles. The Morgan fingerprint density at radius 3 is 1.31 bits per heavy atom. The highest BCUT2D eigenvalue weighted by Gasteiger charge is 2.23. The van der Waals surface area contributed by atoms with E-state index in [1.807, 2.05) is 85.0 Å². The molecule has 61 heavy (non-hydrogen) atoms. The van der Waals surface area contributed by atoms with Crippen molar-refractivity contribution in [2.45, 2.75) is 6.42 Å². The second-order valence-electron chi connectivity index (χ2n) is 12.6. The van der Waals surface area contributed by atoms with Crippen molar-refractivity contribution in [2.24, 2.45) is 0 Å². The molecule has 0 N–H and O–H groups in total. The number of rotatable bonds is 10. The molecule has 0 aliphatic heterocycles. The first-order chi connectivity index (χ1) is 29.8. The summed E-state index contributed by atoms with van der Waals surface area (Å²) in [4.78, 5) is 11.5. The van der Waals surface area contributed by atoms with E-state index in [0.717, 1.165) is 88.5 Å². The molecule has 0 saturated carbocycles. The number of fused-ring (bicyclic) bond motifs is 2. The van der Waals surface area contributed by atoms with Crippen LogP contribution in [0.5, 0.6) is 0 Å². The van der Waals surface area contributed by atoms with Crippen LogP contribution in [-0.4, -0.2) is 0 Å². The second-order valence-corrected chi connectivity index (χ2v) is 21.3. The number of thiophene rings is 8. The quantitative estimate of drug-likeness (QED) is 0.121. The molecule has 0 fully saturated rings. The first-order valence-corrected chi connectivity index (χ1v) is 23.9. The molecular formula is C45H16N8S8. The summed E-state index contributed by atoms with van der Waals surface area (Å²) in [5.41, 5.74) is 2.15. The molecule has 0 saturated heterocycles. The van der Waals surface area contributed by atoms with Crippen molar-refractivity contribution in [1.29, 1.82) is 42.1 Å². The van der Waals surface area contributed by atoms with Crippen molar-refractivity contribution in [3.05, 3.63) is 114 Å². The third kappa shape index (κ3) is 8.41. The Kier molecular flexibility index (Phi) is 11.8. The molecule has 0 aliphatic carbocycles. The van der Waals surface area contributed by atoms with Crippen molar-refractivity contribution in [1.82, 2.24) is 0 Å². The Morgan fingerprint density at radius 1 is 0.393 bits per heavy atom. The summed E-state index contributed by atoms with van der Waals surface area (Å²) in [5, 5.41) is 75.3. The summed E-state index contributed by atoms with van der Waals surface area (Å²) in [6.45, 7) is 0. The van der Waals surface area contributed by atoms with Gasteiger partial charge in [-0.2, -0.15) is 42.1 Å². The van der Waals surface area contributed by atoms with Gasteiger partial charge in [-0.3, -0.25) is 0 Å². The summed E-state index contributed by atoms with van der Waals surface area (Å²) < 4.78 is 4.40. The van der Waals surface area contributed by atoms with E-state index in [1.165, 1.54) is 45.3 Å². The van der Waals surface area contributed by atoms with Crippen LogP contribution in [0.25, 0.3) is 82.1 Å². The summed E-state index contributed by atoms with van der Waals surface area (Å²) in [7, 11) is 0. The van der Waals surface area contributed by atoms with Gasteiger partial charge in [0.2, 0.25) is 0 Å². The van der Waals surface area contributed by atoms with Crippen molar-refractivity contribution in [3.8, 4) is 87.6 Å². The normalized spacial score (nSPS) is 10.2. The number of nitriles is 8. The number of hydrogen-bond acceptors (Lipinski definition) is 16. The molecular weight excluding hydrogens is 909 g/mol. The van der Waals surface area contributed by atoms with Gasteiger partial charge in [0.25, 0.3) is 0 Å². The number of hydrogen-bond donors (Lipinski definition) is 0. The molecule has 8 rings (SSSR count). The van der Waals surface area contributed by atoms with E-state index >= 15 is 0 Å². The van der Waals surface area contributed by atoms with E-state index in [-0.39, 0.29) is 22.3 Å². The lowest BCUT2D eigenvalue weighted by Crippen LogP contribution is -1.89. The SMILES string of the molecule is N#CC(C#N)=Cc1ccc(-c2cc3sc(-c4cc(Cc5c(-c6ccc(C=C(C#N)C#N)s6)sc6cc(-c7ccc(C=C(C#N)C#N)s7)sc56)c(C=C(C#N)C#N)s4)cc3s2)s1. The largest absolute Gasteiger partial charge is 0.192 e. The van der Waals surface area contributed by atoms with E-state index in [4.69, 9.17) is 10.5 Å². The molecule has 8 aromatic rings. The maximum Gasteiger partial charge on any atom is 0.131 e. The molecule has 0 unspecified atom stereocenters. The zero-order chi connectivity index (χ0) is 42.6. The molecule has 0 atom stereocenters. The molecule has 284 valence electrons. The molecule has 0 bridgehead atoms. The van der Waals surface area contributed by atoms with E-state index < -0.39 is 0 Å². The number of allylic oxidation sites excluding steroid dienone is 4. The van der Waals surface area contributed by atoms with E-state index in [9.17, 15) is 31.6 Å². The van der Waals surface area contributed by atoms with E-state index in [0.29, 0.717) is 6.42 Å². The lowest BCUT2D eigenvalue weighted by atomic mass is 10.0. The predicted octanol–water partition coefficient (Wildman–Crippen LogP) is 14.5. The Morgan fingerprint density at radius 2 is 0.803 bits per heavy atom. The summed E-state index contributed by atoms with van der Waals surface area (Å²) in [6.07, 6.45) is 6.91. The summed E-state index contributed by atoms with van der Waals surface area (Å²) >= 11 is 12.7. The highest BCUT2D eigenvalue weighted by atomic mass is 32.1. The average Bonchev–Trinajstić information content (AvgIpc) is 4.13. The van der Waals surface area contributed by atoms with Gasteiger partial charge in [-0.15, -0.1) is 90.7 Å². The van der Waals surface area contributed by atoms with Crippen LogP contribution >= 0.6 is 90.7 Å². The molecule has 16 heteroatoms. The van der Waals surface area contributed by atoms with Gasteiger partial charge in [-0.05, 0) is 96.1 Å². The van der Waals surface area contributed by atoms with Gasteiger partial charge >= 0.3 is 0 Å². The van der Waals surface area contributed by atoms with E-state index in [2.05, 4.69) is 24.3 Å². The fourth-order valence-corrected chi connectivity index (χ4v) is 15.5. The van der Waals surface area contributed by atoms with Gasteiger partial charge < -0.3 is 0 Å². The average molecular weight is 925 g/mol. The fraction of sp³-hybridized carbons (Fsp3) is 0.0222. The third-order valence-corrected chi connectivity index (χ3v) is 18.6. The third-order valence-electron chi connectivity index (χ3n) is 8.81. The smallest absolute Gasteiger partial charge is 0.131 e. The number of nitrogens with zero attached hydrogens (tertiary/aromatic N) is 8. The van der Waals surface area contributed by atoms with Gasteiger partial charge in [-0.1, -0.05) is 0 Å². The Balaban J connectivity index is 1.20. The standard InChI is InChI=1S/C45H16N8S8/c46-16-24(17-47)7-29-1-4-33(54-29)38-13-41-42(58-38)14-40(59-41)37-12-28(36(57-37)10-27(22-52)23-53)11-32-44(35-6-3-31(56-35)9-26(20-50)21-51)61-43-15-39(60-45(32)43)34-5-2-30(55-34)8-25(18-48)19-49/h1-10,12-15H,11H2. The van der Waals surface area contributed by atoms with Crippen LogP contribution in [0, 0.1) is 90.6 Å². The van der Waals surface area contributed by atoms with Crippen LogP contribution in [0.2, 0.25) is 0 Å². The lowest BCUT2D eigenvalue weighted by Gasteiger charge is -2.04. The van der Waals surface area contributed by atoms with E-state index in [1.54, 1.807) is 69.7 Å². The van der Waals surface area contributed by atoms with Gasteiger partial charge in [-0.25, -0.2) is 0 Å². The minimum atomic E-state index is 0.00125. The molecule has 0 spiro atoms. The highest BCUT2D eigenvalue weighted by Crippen LogP contribution is 2.51. The Bertz CT molecular complexity index is 3480. The zero-order valence-corrected chi connectivity index (χ0v) is 37.2. The maximum absolute atomic E-state index is 9.80. The monoisotopic (exact) mass is 924 g/mol. The van der Waals surface area contributed by atoms with Crippen LogP contribution in [0.1, 0.15) is 30.6 Å². The van der Waals surface area contributed by atoms with Crippen LogP contribution in [0.3, 0.4) is 0 Å². The molecule has 8 heterocycles. The molecule has 0 radical (unpaired) electrons. The Hall–Kier alpha value is -7.00. The van der Waals surface area contributed by atoms with Crippen molar-refractivity contribution < 1.29 is 0 Å². The van der Waals surface area contributed by atoms with Crippen LogP contribution in [0.15, 0.2) is 83.0 Å². The first kappa shape index (κ1) is 40.8. The molecule has 0 amide bonds. The van der Waals surface area contributed by atoms with Crippen LogP contribution in [0.4, 0.5) is 0 Å². The summed E-state index contributed by atoms with van der Waals surface area (Å²) in [6, 6.07) is 35.9. The van der Waals surface area contributed by atoms with Gasteiger partial charge in [0.1, 0.15) is 70.8 Å². The lowest BCUT2D eigenvalue weighted by molar-refractivity contribution is 1.25. The topological polar surface area (TPSA) is 190 Å². The van der Waals surface area contributed by atoms with Crippen molar-refractivity contribution in [3.63, 3.8) is 0 Å². The second kappa shape index (κ2) is 17.7. The minimum absolute atomic E-state index is 0.00125. The minimum Gasteiger partial charge on any atom is -0.192 e. The van der Waals surface area contributed by atoms with Crippen molar-refractivity contribution in [2.75, 3.05) is 0 Å².